The minimum Gasteiger partial charge on any atom is -0.481 e. The van der Waals surface area contributed by atoms with Crippen molar-refractivity contribution >= 4 is 47.0 Å². The second-order valence-corrected chi connectivity index (χ2v) is 8.56. The Labute approximate surface area is 233 Å². The van der Waals surface area contributed by atoms with Gasteiger partial charge in [0.25, 0.3) is 0 Å². The zero-order valence-corrected chi connectivity index (χ0v) is 21.5. The second kappa shape index (κ2) is 15.4. The number of nitrogens with one attached hydrogen (secondary N) is 2. The van der Waals surface area contributed by atoms with Gasteiger partial charge in [-0.15, -0.1) is 0 Å². The van der Waals surface area contributed by atoms with Gasteiger partial charge < -0.3 is 30.4 Å². The molecule has 1 aromatic carbocycles. The van der Waals surface area contributed by atoms with Crippen molar-refractivity contribution in [1.82, 2.24) is 10.2 Å². The van der Waals surface area contributed by atoms with E-state index in [1.165, 1.54) is 0 Å². The van der Waals surface area contributed by atoms with Crippen molar-refractivity contribution in [3.8, 4) is 0 Å². The Morgan fingerprint density at radius 3 is 1.71 bits per heavy atom. The summed E-state index contributed by atoms with van der Waals surface area (Å²) in [6, 6.07) is 7.28. The monoisotopic (exact) mass is 616 g/mol. The van der Waals surface area contributed by atoms with E-state index in [-0.39, 0.29) is 30.6 Å². The number of anilines is 2. The Bertz CT molecular complexity index is 1110. The SMILES string of the molecule is O=C(O)C(F)(F)F.O=C(O)C(F)(F)F.O=C(O)CCC(=O)N1CCN(c2ccc(NC3CCC(=O)NC3=O)cc2)CC1. The summed E-state index contributed by atoms with van der Waals surface area (Å²) in [6.45, 7) is 2.49. The molecule has 0 aliphatic carbocycles. The van der Waals surface area contributed by atoms with Gasteiger partial charge in [0.1, 0.15) is 6.04 Å². The Morgan fingerprint density at radius 1 is 0.833 bits per heavy atom. The number of hydrogen-bond acceptors (Lipinski definition) is 8. The standard InChI is InChI=1S/C19H24N4O5.2C2HF3O2/c24-16-6-5-15(19(28)21-16)20-13-1-3-14(4-2-13)22-9-11-23(12-10-22)17(25)7-8-18(26)27;2*3-2(4,5)1(6)7/h1-4,15,20H,5-12H2,(H,26,27)(H,21,24,28);2*(H,6,7). The van der Waals surface area contributed by atoms with E-state index in [2.05, 4.69) is 15.5 Å². The first-order valence-corrected chi connectivity index (χ1v) is 11.9. The topological polar surface area (TPSA) is 194 Å². The Balaban J connectivity index is 0.000000522. The highest BCUT2D eigenvalue weighted by molar-refractivity contribution is 6.01. The number of amides is 3. The van der Waals surface area contributed by atoms with Crippen LogP contribution in [0.4, 0.5) is 37.7 Å². The van der Waals surface area contributed by atoms with Crippen LogP contribution in [-0.2, 0) is 28.8 Å². The summed E-state index contributed by atoms with van der Waals surface area (Å²) in [7, 11) is 0. The zero-order chi connectivity index (χ0) is 32.3. The number of nitrogens with zero attached hydrogens (tertiary/aromatic N) is 2. The predicted octanol–water partition coefficient (Wildman–Crippen LogP) is 1.68. The molecule has 2 saturated heterocycles. The molecule has 2 fully saturated rings. The van der Waals surface area contributed by atoms with Gasteiger partial charge in [-0.25, -0.2) is 9.59 Å². The molecule has 1 aromatic rings. The summed E-state index contributed by atoms with van der Waals surface area (Å²) >= 11 is 0. The fourth-order valence-corrected chi connectivity index (χ4v) is 3.39. The first-order chi connectivity index (χ1) is 19.3. The molecule has 0 bridgehead atoms. The molecular weight excluding hydrogens is 590 g/mol. The van der Waals surface area contributed by atoms with Crippen molar-refractivity contribution in [2.75, 3.05) is 36.4 Å². The lowest BCUT2D eigenvalue weighted by Gasteiger charge is -2.36. The molecule has 1 unspecified atom stereocenters. The summed E-state index contributed by atoms with van der Waals surface area (Å²) < 4.78 is 63.5. The summed E-state index contributed by atoms with van der Waals surface area (Å²) in [5, 5.41) is 28.4. The predicted molar refractivity (Wildman–Crippen MR) is 129 cm³/mol. The van der Waals surface area contributed by atoms with E-state index in [1.54, 1.807) is 4.90 Å². The quantitative estimate of drug-likeness (QED) is 0.231. The number of carbonyl (C=O) groups excluding carboxylic acids is 3. The van der Waals surface area contributed by atoms with Gasteiger partial charge >= 0.3 is 30.3 Å². The van der Waals surface area contributed by atoms with Crippen LogP contribution in [0.1, 0.15) is 25.7 Å². The average Bonchev–Trinajstić information content (AvgIpc) is 2.89. The summed E-state index contributed by atoms with van der Waals surface area (Å²) in [6.07, 6.45) is -9.46. The fraction of sp³-hybridized carbons (Fsp3) is 0.478. The lowest BCUT2D eigenvalue weighted by Crippen LogP contribution is -2.48. The van der Waals surface area contributed by atoms with Crippen LogP contribution >= 0.6 is 0 Å². The molecule has 0 spiro atoms. The highest BCUT2D eigenvalue weighted by atomic mass is 19.4. The number of hydrogen-bond donors (Lipinski definition) is 5. The molecular formula is C23H26F6N4O9. The minimum atomic E-state index is -5.08. The number of imide groups is 1. The van der Waals surface area contributed by atoms with Gasteiger partial charge in [-0.1, -0.05) is 0 Å². The normalized spacial score (nSPS) is 17.0. The third-order valence-electron chi connectivity index (χ3n) is 5.48. The molecule has 234 valence electrons. The number of carboxylic acid groups (broad SMARTS) is 3. The molecule has 0 aromatic heterocycles. The number of piperidine rings is 1. The number of halogens is 6. The van der Waals surface area contributed by atoms with Gasteiger partial charge in [0.05, 0.1) is 6.42 Å². The third-order valence-corrected chi connectivity index (χ3v) is 5.48. The molecule has 13 nitrogen and oxygen atoms in total. The van der Waals surface area contributed by atoms with Crippen LogP contribution in [0.25, 0.3) is 0 Å². The second-order valence-electron chi connectivity index (χ2n) is 8.56. The van der Waals surface area contributed by atoms with Crippen LogP contribution in [-0.4, -0.2) is 100 Å². The largest absolute Gasteiger partial charge is 0.490 e. The molecule has 3 amide bonds. The van der Waals surface area contributed by atoms with E-state index >= 15 is 0 Å². The average molecular weight is 616 g/mol. The number of piperazine rings is 1. The van der Waals surface area contributed by atoms with Gasteiger partial charge in [-0.2, -0.15) is 26.3 Å². The van der Waals surface area contributed by atoms with Crippen LogP contribution in [0, 0.1) is 0 Å². The third kappa shape index (κ3) is 12.7. The highest BCUT2D eigenvalue weighted by Gasteiger charge is 2.39. The maximum absolute atomic E-state index is 12.0. The lowest BCUT2D eigenvalue weighted by atomic mass is 10.1. The van der Waals surface area contributed by atoms with E-state index in [4.69, 9.17) is 24.9 Å². The van der Waals surface area contributed by atoms with Crippen molar-refractivity contribution in [1.29, 1.82) is 0 Å². The number of rotatable bonds is 6. The molecule has 0 radical (unpaired) electrons. The van der Waals surface area contributed by atoms with Crippen molar-refractivity contribution in [2.24, 2.45) is 0 Å². The van der Waals surface area contributed by atoms with Gasteiger partial charge in [0.15, 0.2) is 0 Å². The molecule has 2 aliphatic rings. The Kier molecular flexibility index (Phi) is 13.0. The maximum atomic E-state index is 12.0. The first kappa shape index (κ1) is 35.4. The summed E-state index contributed by atoms with van der Waals surface area (Å²) in [4.78, 5) is 67.3. The fourth-order valence-electron chi connectivity index (χ4n) is 3.39. The zero-order valence-electron chi connectivity index (χ0n) is 21.5. The molecule has 2 heterocycles. The smallest absolute Gasteiger partial charge is 0.481 e. The van der Waals surface area contributed by atoms with Crippen LogP contribution < -0.4 is 15.5 Å². The highest BCUT2D eigenvalue weighted by Crippen LogP contribution is 2.21. The number of carboxylic acids is 3. The molecule has 19 heteroatoms. The molecule has 2 aliphatic heterocycles. The van der Waals surface area contributed by atoms with Crippen LogP contribution in [0.3, 0.4) is 0 Å². The summed E-state index contributed by atoms with van der Waals surface area (Å²) in [5.41, 5.74) is 1.83. The van der Waals surface area contributed by atoms with E-state index < -0.39 is 36.3 Å². The molecule has 1 atom stereocenters. The van der Waals surface area contributed by atoms with E-state index in [1.807, 2.05) is 24.3 Å². The first-order valence-electron chi connectivity index (χ1n) is 11.9. The number of aliphatic carboxylic acids is 3. The van der Waals surface area contributed by atoms with Crippen LogP contribution in [0.2, 0.25) is 0 Å². The van der Waals surface area contributed by atoms with Gasteiger partial charge in [-0.3, -0.25) is 24.5 Å². The maximum Gasteiger partial charge on any atom is 0.490 e. The van der Waals surface area contributed by atoms with Crippen LogP contribution in [0.5, 0.6) is 0 Å². The molecule has 42 heavy (non-hydrogen) atoms. The van der Waals surface area contributed by atoms with Crippen LogP contribution in [0.15, 0.2) is 24.3 Å². The van der Waals surface area contributed by atoms with E-state index in [9.17, 15) is 45.5 Å². The van der Waals surface area contributed by atoms with Crippen molar-refractivity contribution < 1.29 is 70.4 Å². The number of carbonyl (C=O) groups is 6. The van der Waals surface area contributed by atoms with E-state index in [0.717, 1.165) is 11.4 Å². The Morgan fingerprint density at radius 2 is 1.31 bits per heavy atom. The lowest BCUT2D eigenvalue weighted by molar-refractivity contribution is -0.193. The Hall–Kier alpha value is -4.58. The molecule has 0 saturated carbocycles. The van der Waals surface area contributed by atoms with Gasteiger partial charge in [-0.05, 0) is 30.7 Å². The number of alkyl halides is 6. The number of benzene rings is 1. The molecule has 5 N–H and O–H groups in total. The van der Waals surface area contributed by atoms with Crippen molar-refractivity contribution in [2.45, 2.75) is 44.1 Å². The van der Waals surface area contributed by atoms with Gasteiger partial charge in [0, 0.05) is 50.4 Å². The van der Waals surface area contributed by atoms with Crippen molar-refractivity contribution in [3.05, 3.63) is 24.3 Å². The van der Waals surface area contributed by atoms with Gasteiger partial charge in [0.2, 0.25) is 17.7 Å². The van der Waals surface area contributed by atoms with Crippen molar-refractivity contribution in [3.63, 3.8) is 0 Å². The van der Waals surface area contributed by atoms with E-state index in [0.29, 0.717) is 39.0 Å². The minimum absolute atomic E-state index is 0.0377. The summed E-state index contributed by atoms with van der Waals surface area (Å²) in [5.74, 6) is -7.13. The molecule has 3 rings (SSSR count).